The third kappa shape index (κ3) is 3.08. The zero-order chi connectivity index (χ0) is 10.7. The summed E-state index contributed by atoms with van der Waals surface area (Å²) in [7, 11) is 0. The van der Waals surface area contributed by atoms with Gasteiger partial charge in [-0.3, -0.25) is 0 Å². The number of hydrogen-bond donors (Lipinski definition) is 0. The molecule has 0 N–H and O–H groups in total. The second-order valence-electron chi connectivity index (χ2n) is 2.73. The number of rotatable bonds is 4. The van der Waals surface area contributed by atoms with E-state index in [1.807, 2.05) is 0 Å². The Morgan fingerprint density at radius 3 is 1.85 bits per heavy atom. The molecule has 1 atom stereocenters. The van der Waals surface area contributed by atoms with Gasteiger partial charge >= 0.3 is 12.1 Å². The maximum absolute atomic E-state index is 12.4. The number of hydrogen-bond acceptors (Lipinski definition) is 0. The van der Waals surface area contributed by atoms with Gasteiger partial charge in [0.2, 0.25) is 0 Å². The monoisotopic (exact) mass is 208 g/mol. The van der Waals surface area contributed by atoms with Crippen LogP contribution >= 0.6 is 0 Å². The van der Waals surface area contributed by atoms with Crippen LogP contribution in [0.2, 0.25) is 0 Å². The molecule has 13 heavy (non-hydrogen) atoms. The van der Waals surface area contributed by atoms with E-state index in [1.165, 1.54) is 0 Å². The molecular weight excluding hydrogens is 198 g/mol. The third-order valence-corrected chi connectivity index (χ3v) is 1.58. The van der Waals surface area contributed by atoms with Crippen LogP contribution < -0.4 is 0 Å². The zero-order valence-corrected chi connectivity index (χ0v) is 6.97. The molecule has 0 unspecified atom stereocenters. The summed E-state index contributed by atoms with van der Waals surface area (Å²) in [6.45, 7) is 1.58. The predicted molar refractivity (Wildman–Crippen MR) is 35.4 cm³/mol. The summed E-state index contributed by atoms with van der Waals surface area (Å²) in [5.74, 6) is -5.22. The summed E-state index contributed by atoms with van der Waals surface area (Å²) in [6, 6.07) is 0. The van der Waals surface area contributed by atoms with Crippen molar-refractivity contribution in [3.8, 4) is 0 Å². The molecule has 80 valence electrons. The Labute approximate surface area is 71.9 Å². The summed E-state index contributed by atoms with van der Waals surface area (Å²) in [4.78, 5) is 0. The van der Waals surface area contributed by atoms with Crippen LogP contribution in [-0.2, 0) is 0 Å². The Bertz CT molecular complexity index is 150. The minimum Gasteiger partial charge on any atom is -0.240 e. The Kier molecular flexibility index (Phi) is 4.06. The molecule has 0 aliphatic rings. The third-order valence-electron chi connectivity index (χ3n) is 1.58. The zero-order valence-electron chi connectivity index (χ0n) is 6.97. The van der Waals surface area contributed by atoms with Gasteiger partial charge in [0.05, 0.1) is 0 Å². The summed E-state index contributed by atoms with van der Waals surface area (Å²) in [6.07, 6.45) is -9.28. The van der Waals surface area contributed by atoms with E-state index in [1.54, 1.807) is 6.92 Å². The van der Waals surface area contributed by atoms with Crippen LogP contribution in [0, 0.1) is 0 Å². The average Bonchev–Trinajstić information content (AvgIpc) is 1.97. The van der Waals surface area contributed by atoms with Crippen molar-refractivity contribution in [1.29, 1.82) is 0 Å². The highest BCUT2D eigenvalue weighted by Gasteiger charge is 2.62. The topological polar surface area (TPSA) is 0 Å². The Morgan fingerprint density at radius 2 is 1.54 bits per heavy atom. The normalized spacial score (nSPS) is 15.9. The van der Waals surface area contributed by atoms with Gasteiger partial charge in [0, 0.05) is 0 Å². The molecule has 0 aromatic heterocycles. The Morgan fingerprint density at radius 1 is 1.08 bits per heavy atom. The first kappa shape index (κ1) is 12.6. The molecule has 0 aliphatic carbocycles. The minimum absolute atomic E-state index is 0.0207. The number of halogens is 6. The molecule has 0 amide bonds. The Balaban J connectivity index is 4.27. The number of unbranched alkanes of at least 4 members (excludes halogenated alkanes) is 1. The fourth-order valence-electron chi connectivity index (χ4n) is 0.742. The molecule has 0 aromatic rings. The largest absolute Gasteiger partial charge is 0.456 e. The van der Waals surface area contributed by atoms with Crippen molar-refractivity contribution < 1.29 is 26.3 Å². The molecule has 0 fully saturated rings. The van der Waals surface area contributed by atoms with Crippen molar-refractivity contribution in [3.63, 3.8) is 0 Å². The van der Waals surface area contributed by atoms with E-state index >= 15 is 0 Å². The molecular formula is C7H10F6. The van der Waals surface area contributed by atoms with Gasteiger partial charge in [-0.15, -0.1) is 0 Å². The van der Waals surface area contributed by atoms with E-state index in [0.29, 0.717) is 6.42 Å². The molecule has 0 bridgehead atoms. The fourth-order valence-corrected chi connectivity index (χ4v) is 0.742. The number of alkyl halides is 6. The molecule has 0 spiro atoms. The highest BCUT2D eigenvalue weighted by molar-refractivity contribution is 4.84. The molecule has 0 nitrogen and oxygen atoms in total. The van der Waals surface area contributed by atoms with Crippen molar-refractivity contribution in [2.75, 3.05) is 0 Å². The highest BCUT2D eigenvalue weighted by atomic mass is 19.4. The maximum Gasteiger partial charge on any atom is 0.456 e. The van der Waals surface area contributed by atoms with E-state index in [-0.39, 0.29) is 6.42 Å². The van der Waals surface area contributed by atoms with Crippen LogP contribution in [0.4, 0.5) is 26.3 Å². The SMILES string of the molecule is CCCC[C@H](F)C(F)(F)C(F)(F)F. The standard InChI is InChI=1S/C7H10F6/c1-2-3-4-5(8)6(9,10)7(11,12)13/h5H,2-4H2,1H3/t5-/m0/s1. The molecule has 6 heteroatoms. The molecule has 0 heterocycles. The van der Waals surface area contributed by atoms with Crippen LogP contribution in [0.3, 0.4) is 0 Å². The fraction of sp³-hybridized carbons (Fsp3) is 1.00. The maximum atomic E-state index is 12.4. The molecule has 0 aliphatic heterocycles. The smallest absolute Gasteiger partial charge is 0.240 e. The molecule has 0 radical (unpaired) electrons. The van der Waals surface area contributed by atoms with Crippen LogP contribution in [0.15, 0.2) is 0 Å². The van der Waals surface area contributed by atoms with Crippen LogP contribution in [0.5, 0.6) is 0 Å². The summed E-state index contributed by atoms with van der Waals surface area (Å²) in [5.41, 5.74) is 0. The average molecular weight is 208 g/mol. The van der Waals surface area contributed by atoms with Gasteiger partial charge in [-0.25, -0.2) is 4.39 Å². The van der Waals surface area contributed by atoms with Gasteiger partial charge in [-0.05, 0) is 6.42 Å². The van der Waals surface area contributed by atoms with Crippen molar-refractivity contribution in [2.24, 2.45) is 0 Å². The van der Waals surface area contributed by atoms with E-state index < -0.39 is 24.7 Å². The van der Waals surface area contributed by atoms with E-state index in [2.05, 4.69) is 0 Å². The van der Waals surface area contributed by atoms with E-state index in [9.17, 15) is 26.3 Å². The molecule has 0 aromatic carbocycles. The van der Waals surface area contributed by atoms with Crippen molar-refractivity contribution >= 4 is 0 Å². The van der Waals surface area contributed by atoms with Gasteiger partial charge in [0.1, 0.15) is 0 Å². The predicted octanol–water partition coefficient (Wildman–Crippen LogP) is 3.71. The first-order valence-electron chi connectivity index (χ1n) is 3.82. The lowest BCUT2D eigenvalue weighted by molar-refractivity contribution is -0.303. The molecule has 0 saturated carbocycles. The molecule has 0 rings (SSSR count). The van der Waals surface area contributed by atoms with Crippen molar-refractivity contribution in [2.45, 2.75) is 44.5 Å². The van der Waals surface area contributed by atoms with Crippen molar-refractivity contribution in [3.05, 3.63) is 0 Å². The highest BCUT2D eigenvalue weighted by Crippen LogP contribution is 2.40. The Hall–Kier alpha value is -0.420. The van der Waals surface area contributed by atoms with E-state index in [4.69, 9.17) is 0 Å². The second-order valence-corrected chi connectivity index (χ2v) is 2.73. The van der Waals surface area contributed by atoms with E-state index in [0.717, 1.165) is 0 Å². The van der Waals surface area contributed by atoms with Gasteiger partial charge in [-0.1, -0.05) is 19.8 Å². The minimum atomic E-state index is -5.79. The van der Waals surface area contributed by atoms with Gasteiger partial charge in [0.25, 0.3) is 0 Å². The molecule has 0 saturated heterocycles. The quantitative estimate of drug-likeness (QED) is 0.618. The first-order valence-corrected chi connectivity index (χ1v) is 3.82. The van der Waals surface area contributed by atoms with Gasteiger partial charge in [-0.2, -0.15) is 22.0 Å². The first-order chi connectivity index (χ1) is 5.73. The second kappa shape index (κ2) is 4.19. The van der Waals surface area contributed by atoms with Crippen LogP contribution in [0.25, 0.3) is 0 Å². The van der Waals surface area contributed by atoms with Gasteiger partial charge < -0.3 is 0 Å². The summed E-state index contributed by atoms with van der Waals surface area (Å²) < 4.78 is 71.3. The lowest BCUT2D eigenvalue weighted by Crippen LogP contribution is -2.44. The van der Waals surface area contributed by atoms with Gasteiger partial charge in [0.15, 0.2) is 6.17 Å². The van der Waals surface area contributed by atoms with Crippen LogP contribution in [-0.4, -0.2) is 18.3 Å². The lowest BCUT2D eigenvalue weighted by atomic mass is 10.1. The van der Waals surface area contributed by atoms with Crippen LogP contribution in [0.1, 0.15) is 26.2 Å². The summed E-state index contributed by atoms with van der Waals surface area (Å²) in [5, 5.41) is 0. The van der Waals surface area contributed by atoms with Crippen molar-refractivity contribution in [1.82, 2.24) is 0 Å². The lowest BCUT2D eigenvalue weighted by Gasteiger charge is -2.22. The summed E-state index contributed by atoms with van der Waals surface area (Å²) >= 11 is 0.